The lowest BCUT2D eigenvalue weighted by Gasteiger charge is -2.05. The van der Waals surface area contributed by atoms with Gasteiger partial charge in [-0.15, -0.1) is 0 Å². The Balaban J connectivity index is 3.70. The van der Waals surface area contributed by atoms with Gasteiger partial charge in [-0.25, -0.2) is 0 Å². The summed E-state index contributed by atoms with van der Waals surface area (Å²) in [5.74, 6) is -0.772. The molecule has 5 nitrogen and oxygen atoms in total. The van der Waals surface area contributed by atoms with Crippen molar-refractivity contribution >= 4 is 5.97 Å². The molecular formula is C18H33NO4. The van der Waals surface area contributed by atoms with Crippen molar-refractivity contribution in [3.8, 4) is 0 Å². The molecule has 0 saturated carbocycles. The number of nitrogens with zero attached hydrogens (tertiary/aromatic N) is 1. The zero-order chi connectivity index (χ0) is 17.3. The Labute approximate surface area is 140 Å². The largest absolute Gasteiger partial charge is 0.481 e. The average Bonchev–Trinajstić information content (AvgIpc) is 2.50. The predicted octanol–water partition coefficient (Wildman–Crippen LogP) is 5.36. The maximum absolute atomic E-state index is 11.0. The summed E-state index contributed by atoms with van der Waals surface area (Å²) in [5, 5.41) is 19.6. The monoisotopic (exact) mass is 327 g/mol. The Kier molecular flexibility index (Phi) is 14.6. The van der Waals surface area contributed by atoms with E-state index >= 15 is 0 Å². The molecule has 0 aromatic rings. The molecule has 5 heteroatoms. The van der Waals surface area contributed by atoms with Crippen LogP contribution < -0.4 is 0 Å². The third-order valence-electron chi connectivity index (χ3n) is 3.99. The van der Waals surface area contributed by atoms with E-state index in [1.54, 1.807) is 6.08 Å². The summed E-state index contributed by atoms with van der Waals surface area (Å²) in [4.78, 5) is 21.2. The van der Waals surface area contributed by atoms with Gasteiger partial charge in [0, 0.05) is 17.8 Å². The second-order valence-electron chi connectivity index (χ2n) is 6.18. The zero-order valence-corrected chi connectivity index (χ0v) is 14.5. The van der Waals surface area contributed by atoms with Crippen LogP contribution >= 0.6 is 0 Å². The van der Waals surface area contributed by atoms with Gasteiger partial charge in [-0.1, -0.05) is 57.9 Å². The van der Waals surface area contributed by atoms with Crippen LogP contribution in [0.4, 0.5) is 0 Å². The third kappa shape index (κ3) is 15.3. The Morgan fingerprint density at radius 2 is 1.65 bits per heavy atom. The Hall–Kier alpha value is -1.39. The number of carboxylic acid groups (broad SMARTS) is 1. The van der Waals surface area contributed by atoms with E-state index < -0.39 is 12.0 Å². The molecule has 0 aromatic carbocycles. The number of hydrogen-bond acceptors (Lipinski definition) is 3. The summed E-state index contributed by atoms with van der Waals surface area (Å²) in [6.07, 6.45) is 15.9. The highest BCUT2D eigenvalue weighted by Crippen LogP contribution is 2.12. The second kappa shape index (κ2) is 15.5. The van der Waals surface area contributed by atoms with Crippen LogP contribution in [0.3, 0.4) is 0 Å². The van der Waals surface area contributed by atoms with Crippen molar-refractivity contribution in [2.75, 3.05) is 0 Å². The van der Waals surface area contributed by atoms with Crippen LogP contribution in [0.5, 0.6) is 0 Å². The van der Waals surface area contributed by atoms with Crippen molar-refractivity contribution in [2.45, 2.75) is 96.4 Å². The molecule has 0 saturated heterocycles. The Morgan fingerprint density at radius 3 is 2.30 bits per heavy atom. The summed E-state index contributed by atoms with van der Waals surface area (Å²) in [7, 11) is 0. The molecule has 0 amide bonds. The SMILES string of the molecule is CCCCCCCC/C=C\C(CCCCCCC(=O)O)[N+](=O)[O-]. The van der Waals surface area contributed by atoms with Gasteiger partial charge < -0.3 is 5.11 Å². The van der Waals surface area contributed by atoms with Crippen molar-refractivity contribution in [3.63, 3.8) is 0 Å². The first-order valence-corrected chi connectivity index (χ1v) is 9.09. The number of carbonyl (C=O) groups is 1. The van der Waals surface area contributed by atoms with Crippen LogP contribution in [0.15, 0.2) is 12.2 Å². The van der Waals surface area contributed by atoms with Crippen molar-refractivity contribution < 1.29 is 14.8 Å². The van der Waals surface area contributed by atoms with Gasteiger partial charge in [0.1, 0.15) is 0 Å². The van der Waals surface area contributed by atoms with Crippen LogP contribution in [0, 0.1) is 10.1 Å². The molecule has 0 heterocycles. The van der Waals surface area contributed by atoms with E-state index in [1.807, 2.05) is 6.08 Å². The molecule has 0 radical (unpaired) electrons. The van der Waals surface area contributed by atoms with Gasteiger partial charge in [0.2, 0.25) is 6.04 Å². The Morgan fingerprint density at radius 1 is 1.04 bits per heavy atom. The number of aliphatic carboxylic acids is 1. The first-order chi connectivity index (χ1) is 11.1. The molecule has 0 aliphatic rings. The molecule has 1 unspecified atom stereocenters. The summed E-state index contributed by atoms with van der Waals surface area (Å²) >= 11 is 0. The standard InChI is InChI=1S/C18H33NO4/c1-2-3-4-5-6-7-8-11-14-17(19(22)23)15-12-9-10-13-16-18(20)21/h11,14,17H,2-10,12-13,15-16H2,1H3,(H,20,21)/b14-11-. The first kappa shape index (κ1) is 21.6. The summed E-state index contributed by atoms with van der Waals surface area (Å²) in [6, 6.07) is -0.588. The summed E-state index contributed by atoms with van der Waals surface area (Å²) in [6.45, 7) is 2.20. The molecule has 0 aliphatic carbocycles. The minimum Gasteiger partial charge on any atom is -0.481 e. The molecule has 0 rings (SSSR count). The van der Waals surface area contributed by atoms with Gasteiger partial charge >= 0.3 is 5.97 Å². The highest BCUT2D eigenvalue weighted by atomic mass is 16.6. The number of unbranched alkanes of at least 4 members (excludes halogenated alkanes) is 9. The number of allylic oxidation sites excluding steroid dienone is 1. The lowest BCUT2D eigenvalue weighted by molar-refractivity contribution is -0.510. The van der Waals surface area contributed by atoms with Crippen LogP contribution in [-0.2, 0) is 4.79 Å². The maximum Gasteiger partial charge on any atom is 0.303 e. The van der Waals surface area contributed by atoms with E-state index in [4.69, 9.17) is 5.11 Å². The number of carboxylic acids is 1. The smallest absolute Gasteiger partial charge is 0.303 e. The minimum atomic E-state index is -0.772. The lowest BCUT2D eigenvalue weighted by Crippen LogP contribution is -2.16. The zero-order valence-electron chi connectivity index (χ0n) is 14.5. The second-order valence-corrected chi connectivity index (χ2v) is 6.18. The van der Waals surface area contributed by atoms with Crippen molar-refractivity contribution in [1.29, 1.82) is 0 Å². The van der Waals surface area contributed by atoms with Crippen LogP contribution in [0.25, 0.3) is 0 Å². The molecule has 0 fully saturated rings. The van der Waals surface area contributed by atoms with Gasteiger partial charge in [0.25, 0.3) is 0 Å². The topological polar surface area (TPSA) is 80.4 Å². The summed E-state index contributed by atoms with van der Waals surface area (Å²) < 4.78 is 0. The van der Waals surface area contributed by atoms with E-state index in [0.717, 1.165) is 32.1 Å². The highest BCUT2D eigenvalue weighted by molar-refractivity contribution is 5.66. The van der Waals surface area contributed by atoms with Gasteiger partial charge in [-0.05, 0) is 31.8 Å². The minimum absolute atomic E-state index is 0.191. The molecule has 0 aliphatic heterocycles. The number of nitro groups is 1. The summed E-state index contributed by atoms with van der Waals surface area (Å²) in [5.41, 5.74) is 0. The van der Waals surface area contributed by atoms with Gasteiger partial charge in [0.05, 0.1) is 0 Å². The molecule has 1 atom stereocenters. The van der Waals surface area contributed by atoms with Crippen LogP contribution in [0.2, 0.25) is 0 Å². The molecule has 134 valence electrons. The fourth-order valence-electron chi connectivity index (χ4n) is 2.55. The number of hydrogen-bond donors (Lipinski definition) is 1. The molecule has 23 heavy (non-hydrogen) atoms. The molecule has 0 bridgehead atoms. The average molecular weight is 327 g/mol. The fraction of sp³-hybridized carbons (Fsp3) is 0.833. The van der Waals surface area contributed by atoms with Gasteiger partial charge in [-0.3, -0.25) is 14.9 Å². The van der Waals surface area contributed by atoms with E-state index in [2.05, 4.69) is 6.92 Å². The van der Waals surface area contributed by atoms with Crippen molar-refractivity contribution in [2.24, 2.45) is 0 Å². The van der Waals surface area contributed by atoms with E-state index in [9.17, 15) is 14.9 Å². The Bertz CT molecular complexity index is 342. The molecule has 0 spiro atoms. The van der Waals surface area contributed by atoms with E-state index in [0.29, 0.717) is 12.8 Å². The maximum atomic E-state index is 11.0. The van der Waals surface area contributed by atoms with E-state index in [1.165, 1.54) is 32.1 Å². The highest BCUT2D eigenvalue weighted by Gasteiger charge is 2.14. The van der Waals surface area contributed by atoms with Crippen LogP contribution in [-0.4, -0.2) is 22.0 Å². The first-order valence-electron chi connectivity index (χ1n) is 9.09. The fourth-order valence-corrected chi connectivity index (χ4v) is 2.55. The van der Waals surface area contributed by atoms with Crippen molar-refractivity contribution in [3.05, 3.63) is 22.3 Å². The quantitative estimate of drug-likeness (QED) is 0.179. The van der Waals surface area contributed by atoms with Crippen molar-refractivity contribution in [1.82, 2.24) is 0 Å². The molecule has 1 N–H and O–H groups in total. The molecular weight excluding hydrogens is 294 g/mol. The van der Waals surface area contributed by atoms with Gasteiger partial charge in [-0.2, -0.15) is 0 Å². The number of rotatable bonds is 16. The normalized spacial score (nSPS) is 12.6. The third-order valence-corrected chi connectivity index (χ3v) is 3.99. The molecule has 0 aromatic heterocycles. The van der Waals surface area contributed by atoms with Crippen LogP contribution in [0.1, 0.15) is 90.4 Å². The predicted molar refractivity (Wildman–Crippen MR) is 93.3 cm³/mol. The van der Waals surface area contributed by atoms with Gasteiger partial charge in [0.15, 0.2) is 0 Å². The van der Waals surface area contributed by atoms with E-state index in [-0.39, 0.29) is 11.3 Å². The lowest BCUT2D eigenvalue weighted by atomic mass is 10.1.